The van der Waals surface area contributed by atoms with E-state index in [4.69, 9.17) is 0 Å². The van der Waals surface area contributed by atoms with Crippen LogP contribution >= 0.6 is 0 Å². The zero-order valence-corrected chi connectivity index (χ0v) is 10.5. The van der Waals surface area contributed by atoms with Gasteiger partial charge in [0.1, 0.15) is 0 Å². The number of rotatable bonds is 2. The van der Waals surface area contributed by atoms with Crippen LogP contribution < -0.4 is 5.32 Å². The molecule has 0 aromatic carbocycles. The lowest BCUT2D eigenvalue weighted by atomic mass is 10.0. The molecule has 5 heteroatoms. The summed E-state index contributed by atoms with van der Waals surface area (Å²) in [6, 6.07) is 1.96. The first-order chi connectivity index (χ1) is 8.16. The van der Waals surface area contributed by atoms with Gasteiger partial charge in [-0.3, -0.25) is 4.68 Å². The predicted molar refractivity (Wildman–Crippen MR) is 65.4 cm³/mol. The first kappa shape index (κ1) is 12.0. The maximum atomic E-state index is 11.9. The molecule has 2 amide bonds. The molecule has 1 N–H and O–H groups in total. The second-order valence-electron chi connectivity index (χ2n) is 4.80. The maximum absolute atomic E-state index is 11.9. The second-order valence-corrected chi connectivity index (χ2v) is 4.80. The third-order valence-corrected chi connectivity index (χ3v) is 3.29. The highest BCUT2D eigenvalue weighted by Gasteiger charge is 2.20. The summed E-state index contributed by atoms with van der Waals surface area (Å²) < 4.78 is 1.78. The molecule has 1 aliphatic rings. The molecule has 5 nitrogen and oxygen atoms in total. The van der Waals surface area contributed by atoms with Gasteiger partial charge in [0.25, 0.3) is 0 Å². The minimum absolute atomic E-state index is 0.0396. The molecule has 1 fully saturated rings. The molecule has 1 aromatic rings. The molecule has 2 heterocycles. The van der Waals surface area contributed by atoms with Crippen molar-refractivity contribution < 1.29 is 4.79 Å². The average Bonchev–Trinajstić information content (AvgIpc) is 2.72. The van der Waals surface area contributed by atoms with Crippen LogP contribution in [-0.2, 0) is 13.6 Å². The maximum Gasteiger partial charge on any atom is 0.317 e. The Morgan fingerprint density at radius 2 is 2.47 bits per heavy atom. The van der Waals surface area contributed by atoms with E-state index in [1.165, 1.54) is 6.42 Å². The van der Waals surface area contributed by atoms with Gasteiger partial charge in [0.05, 0.1) is 12.2 Å². The number of hydrogen-bond donors (Lipinski definition) is 1. The van der Waals surface area contributed by atoms with Crippen LogP contribution in [0.4, 0.5) is 4.79 Å². The Morgan fingerprint density at radius 1 is 1.65 bits per heavy atom. The number of aromatic nitrogens is 2. The summed E-state index contributed by atoms with van der Waals surface area (Å²) in [7, 11) is 1.88. The first-order valence-electron chi connectivity index (χ1n) is 6.16. The minimum atomic E-state index is 0.0396. The fourth-order valence-corrected chi connectivity index (χ4v) is 2.23. The van der Waals surface area contributed by atoms with E-state index in [1.807, 2.05) is 18.0 Å². The molecule has 1 saturated heterocycles. The molecule has 0 radical (unpaired) electrons. The molecule has 0 saturated carbocycles. The monoisotopic (exact) mass is 236 g/mol. The lowest BCUT2D eigenvalue weighted by Crippen LogP contribution is -2.44. The van der Waals surface area contributed by atoms with E-state index >= 15 is 0 Å². The molecule has 1 aliphatic heterocycles. The Hall–Kier alpha value is -1.52. The van der Waals surface area contributed by atoms with Crippen molar-refractivity contribution in [2.45, 2.75) is 26.3 Å². The van der Waals surface area contributed by atoms with Crippen LogP contribution in [0.2, 0.25) is 0 Å². The van der Waals surface area contributed by atoms with Gasteiger partial charge in [0.2, 0.25) is 0 Å². The molecular formula is C12H20N4O. The summed E-state index contributed by atoms with van der Waals surface area (Å²) in [5.74, 6) is 0.617. The Bertz CT molecular complexity index is 388. The lowest BCUT2D eigenvalue weighted by Gasteiger charge is -2.30. The van der Waals surface area contributed by atoms with Gasteiger partial charge in [-0.25, -0.2) is 4.79 Å². The van der Waals surface area contributed by atoms with Crippen LogP contribution in [0.1, 0.15) is 25.5 Å². The van der Waals surface area contributed by atoms with Gasteiger partial charge in [0.15, 0.2) is 0 Å². The normalized spacial score (nSPS) is 20.4. The highest BCUT2D eigenvalue weighted by molar-refractivity contribution is 5.74. The Labute approximate surface area is 102 Å². The van der Waals surface area contributed by atoms with Crippen molar-refractivity contribution in [1.82, 2.24) is 20.0 Å². The van der Waals surface area contributed by atoms with E-state index in [1.54, 1.807) is 10.9 Å². The van der Waals surface area contributed by atoms with E-state index in [2.05, 4.69) is 17.3 Å². The number of nitrogens with zero attached hydrogens (tertiary/aromatic N) is 3. The SMILES string of the molecule is CC1CCCN(C(=O)NCc2ccnn2C)C1. The van der Waals surface area contributed by atoms with Gasteiger partial charge in [0, 0.05) is 26.3 Å². The van der Waals surface area contributed by atoms with Gasteiger partial charge < -0.3 is 10.2 Å². The van der Waals surface area contributed by atoms with Gasteiger partial charge in [-0.2, -0.15) is 5.10 Å². The predicted octanol–water partition coefficient (Wildman–Crippen LogP) is 1.36. The Kier molecular flexibility index (Phi) is 3.66. The molecular weight excluding hydrogens is 216 g/mol. The molecule has 1 unspecified atom stereocenters. The third-order valence-electron chi connectivity index (χ3n) is 3.29. The van der Waals surface area contributed by atoms with Gasteiger partial charge in [-0.15, -0.1) is 0 Å². The molecule has 0 bridgehead atoms. The number of amides is 2. The number of likely N-dealkylation sites (tertiary alicyclic amines) is 1. The van der Waals surface area contributed by atoms with E-state index < -0.39 is 0 Å². The smallest absolute Gasteiger partial charge is 0.317 e. The van der Waals surface area contributed by atoms with Crippen LogP contribution in [0.3, 0.4) is 0 Å². The topological polar surface area (TPSA) is 50.2 Å². The van der Waals surface area contributed by atoms with Gasteiger partial charge >= 0.3 is 6.03 Å². The molecule has 2 rings (SSSR count). The largest absolute Gasteiger partial charge is 0.332 e. The summed E-state index contributed by atoms with van der Waals surface area (Å²) in [5, 5.41) is 7.01. The van der Waals surface area contributed by atoms with Crippen molar-refractivity contribution in [3.8, 4) is 0 Å². The van der Waals surface area contributed by atoms with E-state index in [9.17, 15) is 4.79 Å². The second kappa shape index (κ2) is 5.21. The number of nitrogens with one attached hydrogen (secondary N) is 1. The zero-order valence-electron chi connectivity index (χ0n) is 10.5. The lowest BCUT2D eigenvalue weighted by molar-refractivity contribution is 0.169. The van der Waals surface area contributed by atoms with Gasteiger partial charge in [-0.1, -0.05) is 6.92 Å². The van der Waals surface area contributed by atoms with Crippen molar-refractivity contribution in [2.75, 3.05) is 13.1 Å². The van der Waals surface area contributed by atoms with Crippen molar-refractivity contribution in [3.63, 3.8) is 0 Å². The highest BCUT2D eigenvalue weighted by Crippen LogP contribution is 2.15. The van der Waals surface area contributed by atoms with E-state index in [-0.39, 0.29) is 6.03 Å². The standard InChI is InChI=1S/C12H20N4O/c1-10-4-3-7-16(9-10)12(17)13-8-11-5-6-14-15(11)2/h5-6,10H,3-4,7-9H2,1-2H3,(H,13,17). The summed E-state index contributed by atoms with van der Waals surface area (Å²) in [6.45, 7) is 4.49. The average molecular weight is 236 g/mol. The van der Waals surface area contributed by atoms with Crippen molar-refractivity contribution in [1.29, 1.82) is 0 Å². The van der Waals surface area contributed by atoms with Crippen LogP contribution in [0, 0.1) is 5.92 Å². The van der Waals surface area contributed by atoms with Crippen molar-refractivity contribution in [2.24, 2.45) is 13.0 Å². The Balaban J connectivity index is 1.83. The van der Waals surface area contributed by atoms with Crippen LogP contribution in [0.15, 0.2) is 12.3 Å². The minimum Gasteiger partial charge on any atom is -0.332 e. The van der Waals surface area contributed by atoms with E-state index in [0.29, 0.717) is 12.5 Å². The molecule has 1 atom stereocenters. The molecule has 17 heavy (non-hydrogen) atoms. The number of urea groups is 1. The summed E-state index contributed by atoms with van der Waals surface area (Å²) in [6.07, 6.45) is 4.08. The number of piperidine rings is 1. The number of hydrogen-bond acceptors (Lipinski definition) is 2. The Morgan fingerprint density at radius 3 is 3.12 bits per heavy atom. The van der Waals surface area contributed by atoms with Crippen molar-refractivity contribution >= 4 is 6.03 Å². The zero-order chi connectivity index (χ0) is 12.3. The quantitative estimate of drug-likeness (QED) is 0.843. The van der Waals surface area contributed by atoms with Crippen LogP contribution in [-0.4, -0.2) is 33.8 Å². The first-order valence-corrected chi connectivity index (χ1v) is 6.16. The molecule has 1 aromatic heterocycles. The fourth-order valence-electron chi connectivity index (χ4n) is 2.23. The van der Waals surface area contributed by atoms with Gasteiger partial charge in [-0.05, 0) is 24.8 Å². The molecule has 0 aliphatic carbocycles. The number of carbonyl (C=O) groups excluding carboxylic acids is 1. The number of aryl methyl sites for hydroxylation is 1. The fraction of sp³-hybridized carbons (Fsp3) is 0.667. The highest BCUT2D eigenvalue weighted by atomic mass is 16.2. The van der Waals surface area contributed by atoms with Crippen molar-refractivity contribution in [3.05, 3.63) is 18.0 Å². The molecule has 94 valence electrons. The van der Waals surface area contributed by atoms with Crippen LogP contribution in [0.25, 0.3) is 0 Å². The van der Waals surface area contributed by atoms with E-state index in [0.717, 1.165) is 25.2 Å². The third kappa shape index (κ3) is 2.99. The molecule has 0 spiro atoms. The summed E-state index contributed by atoms with van der Waals surface area (Å²) in [5.41, 5.74) is 1.02. The summed E-state index contributed by atoms with van der Waals surface area (Å²) in [4.78, 5) is 13.8. The van der Waals surface area contributed by atoms with Crippen LogP contribution in [0.5, 0.6) is 0 Å². The summed E-state index contributed by atoms with van der Waals surface area (Å²) >= 11 is 0. The number of carbonyl (C=O) groups is 1.